The maximum atomic E-state index is 13.4. The Morgan fingerprint density at radius 1 is 1.26 bits per heavy atom. The van der Waals surface area contributed by atoms with Crippen molar-refractivity contribution in [3.05, 3.63) is 70.8 Å². The molecule has 2 aromatic rings. The number of rotatable bonds is 6. The molecule has 0 N–H and O–H groups in total. The first-order valence-electron chi connectivity index (χ1n) is 11.9. The highest BCUT2D eigenvalue weighted by molar-refractivity contribution is 5.92. The molecular formula is C26H30N6O2. The van der Waals surface area contributed by atoms with Crippen LogP contribution < -0.4 is 5.56 Å². The monoisotopic (exact) mass is 458 g/mol. The van der Waals surface area contributed by atoms with Gasteiger partial charge in [-0.1, -0.05) is 23.8 Å². The van der Waals surface area contributed by atoms with Crippen molar-refractivity contribution in [1.82, 2.24) is 29.3 Å². The number of aromatic nitrogens is 6. The summed E-state index contributed by atoms with van der Waals surface area (Å²) in [5, 5.41) is 14.8. The van der Waals surface area contributed by atoms with E-state index in [0.29, 0.717) is 17.9 Å². The van der Waals surface area contributed by atoms with Gasteiger partial charge in [-0.25, -0.2) is 9.36 Å². The van der Waals surface area contributed by atoms with Crippen molar-refractivity contribution in [3.8, 4) is 11.4 Å². The zero-order valence-corrected chi connectivity index (χ0v) is 19.9. The van der Waals surface area contributed by atoms with Crippen LogP contribution in [0.5, 0.6) is 0 Å². The fraction of sp³-hybridized carbons (Fsp3) is 0.385. The molecule has 0 radical (unpaired) electrons. The van der Waals surface area contributed by atoms with Gasteiger partial charge in [0.15, 0.2) is 5.69 Å². The molecule has 0 spiro atoms. The SMILES string of the molecule is CC=C(C=CCCn1nc2c(=O)n(C3CCCOC3C)nc-2c2cc(C)ccc21)n1cccn1. The summed E-state index contributed by atoms with van der Waals surface area (Å²) in [5.74, 6) is 0. The second-order valence-corrected chi connectivity index (χ2v) is 8.83. The van der Waals surface area contributed by atoms with Crippen LogP contribution in [0.4, 0.5) is 0 Å². The zero-order chi connectivity index (χ0) is 23.7. The third-order valence-electron chi connectivity index (χ3n) is 6.49. The first-order valence-corrected chi connectivity index (χ1v) is 11.9. The standard InChI is InChI=1S/C26H30N6O2/c1-4-20(30-15-8-13-27-30)9-5-6-14-31-23-12-11-18(2)17-21(23)24-25(28-31)26(33)32(29-24)22-10-7-16-34-19(22)3/h4-5,8-9,11-13,15,17,19,22H,6-7,10,14,16H2,1-3H3. The molecular weight excluding hydrogens is 428 g/mol. The van der Waals surface area contributed by atoms with E-state index in [0.717, 1.165) is 48.0 Å². The average molecular weight is 459 g/mol. The normalized spacial score (nSPS) is 19.6. The van der Waals surface area contributed by atoms with E-state index in [-0.39, 0.29) is 17.7 Å². The fourth-order valence-electron chi connectivity index (χ4n) is 4.67. The molecule has 1 saturated heterocycles. The van der Waals surface area contributed by atoms with Crippen molar-refractivity contribution < 1.29 is 4.74 Å². The lowest BCUT2D eigenvalue weighted by molar-refractivity contribution is -0.0134. The number of hydrogen-bond acceptors (Lipinski definition) is 5. The van der Waals surface area contributed by atoms with Gasteiger partial charge in [0, 0.05) is 30.9 Å². The molecule has 2 unspecified atom stereocenters. The predicted molar refractivity (Wildman–Crippen MR) is 133 cm³/mol. The van der Waals surface area contributed by atoms with Crippen LogP contribution in [0.3, 0.4) is 0 Å². The molecule has 3 aliphatic heterocycles. The zero-order valence-electron chi connectivity index (χ0n) is 19.9. The number of ether oxygens (including phenoxy) is 1. The molecule has 0 bridgehead atoms. The number of hydrogen-bond donors (Lipinski definition) is 0. The molecule has 8 heteroatoms. The quantitative estimate of drug-likeness (QED) is 0.399. The van der Waals surface area contributed by atoms with E-state index in [1.54, 1.807) is 10.9 Å². The molecule has 0 aliphatic carbocycles. The molecule has 8 nitrogen and oxygen atoms in total. The lowest BCUT2D eigenvalue weighted by Gasteiger charge is -2.28. The van der Waals surface area contributed by atoms with Crippen LogP contribution in [0.25, 0.3) is 28.0 Å². The molecule has 5 rings (SSSR count). The van der Waals surface area contributed by atoms with Gasteiger partial charge in [-0.05, 0) is 64.3 Å². The number of nitrogens with zero attached hydrogens (tertiary/aromatic N) is 6. The number of allylic oxidation sites excluding steroid dienone is 4. The predicted octanol–water partition coefficient (Wildman–Crippen LogP) is 4.45. The highest BCUT2D eigenvalue weighted by Crippen LogP contribution is 2.30. The minimum atomic E-state index is -0.139. The highest BCUT2D eigenvalue weighted by atomic mass is 16.5. The molecule has 3 aliphatic rings. The molecule has 0 amide bonds. The molecule has 0 saturated carbocycles. The molecule has 176 valence electrons. The Morgan fingerprint density at radius 3 is 2.91 bits per heavy atom. The van der Waals surface area contributed by atoms with Gasteiger partial charge in [0.25, 0.3) is 5.56 Å². The highest BCUT2D eigenvalue weighted by Gasteiger charge is 2.30. The summed E-state index contributed by atoms with van der Waals surface area (Å²) in [5.41, 5.74) is 4.06. The van der Waals surface area contributed by atoms with E-state index in [1.807, 2.05) is 41.6 Å². The fourth-order valence-corrected chi connectivity index (χ4v) is 4.67. The minimum absolute atomic E-state index is 0.0448. The van der Waals surface area contributed by atoms with Gasteiger partial charge in [0.2, 0.25) is 0 Å². The molecule has 1 aromatic carbocycles. The molecule has 2 atom stereocenters. The van der Waals surface area contributed by atoms with Crippen molar-refractivity contribution in [1.29, 1.82) is 0 Å². The lowest BCUT2D eigenvalue weighted by Crippen LogP contribution is -2.35. The summed E-state index contributed by atoms with van der Waals surface area (Å²) in [6.07, 6.45) is 12.4. The van der Waals surface area contributed by atoms with E-state index in [2.05, 4.69) is 42.4 Å². The Labute approximate surface area is 198 Å². The van der Waals surface area contributed by atoms with Gasteiger partial charge >= 0.3 is 0 Å². The lowest BCUT2D eigenvalue weighted by atomic mass is 10.0. The van der Waals surface area contributed by atoms with Gasteiger partial charge in [0.05, 0.1) is 23.4 Å². The third kappa shape index (κ3) is 4.09. The van der Waals surface area contributed by atoms with E-state index in [4.69, 9.17) is 14.9 Å². The van der Waals surface area contributed by atoms with Crippen molar-refractivity contribution in [2.75, 3.05) is 6.61 Å². The second kappa shape index (κ2) is 9.38. The number of fused-ring (bicyclic) bond motifs is 3. The van der Waals surface area contributed by atoms with Crippen LogP contribution >= 0.6 is 0 Å². The van der Waals surface area contributed by atoms with E-state index in [9.17, 15) is 4.79 Å². The second-order valence-electron chi connectivity index (χ2n) is 8.83. The smallest absolute Gasteiger partial charge is 0.297 e. The van der Waals surface area contributed by atoms with Crippen LogP contribution in [0.2, 0.25) is 0 Å². The van der Waals surface area contributed by atoms with Crippen molar-refractivity contribution in [3.63, 3.8) is 0 Å². The topological polar surface area (TPSA) is 79.8 Å². The van der Waals surface area contributed by atoms with E-state index >= 15 is 0 Å². The largest absolute Gasteiger partial charge is 0.376 e. The Morgan fingerprint density at radius 2 is 2.15 bits per heavy atom. The van der Waals surface area contributed by atoms with Gasteiger partial charge < -0.3 is 4.74 Å². The van der Waals surface area contributed by atoms with Crippen LogP contribution in [0.15, 0.2) is 59.7 Å². The van der Waals surface area contributed by atoms with Crippen LogP contribution in [0.1, 0.15) is 44.7 Å². The Bertz CT molecular complexity index is 1380. The summed E-state index contributed by atoms with van der Waals surface area (Å²) in [6, 6.07) is 8.08. The van der Waals surface area contributed by atoms with Crippen LogP contribution in [0, 0.1) is 6.92 Å². The number of aryl methyl sites for hydroxylation is 2. The minimum Gasteiger partial charge on any atom is -0.376 e. The van der Waals surface area contributed by atoms with Crippen molar-refractivity contribution in [2.24, 2.45) is 0 Å². The first kappa shape index (κ1) is 22.3. The van der Waals surface area contributed by atoms with Gasteiger partial charge in [-0.2, -0.15) is 15.3 Å². The summed E-state index contributed by atoms with van der Waals surface area (Å²) in [4.78, 5) is 13.4. The maximum absolute atomic E-state index is 13.4. The summed E-state index contributed by atoms with van der Waals surface area (Å²) in [7, 11) is 0. The Hall–Kier alpha value is -3.52. The molecule has 1 aromatic heterocycles. The third-order valence-corrected chi connectivity index (χ3v) is 6.49. The summed E-state index contributed by atoms with van der Waals surface area (Å²) >= 11 is 0. The van der Waals surface area contributed by atoms with Gasteiger partial charge in [0.1, 0.15) is 5.69 Å². The van der Waals surface area contributed by atoms with Gasteiger partial charge in [-0.15, -0.1) is 0 Å². The van der Waals surface area contributed by atoms with Crippen molar-refractivity contribution >= 4 is 16.6 Å². The Kier molecular flexibility index (Phi) is 6.15. The van der Waals surface area contributed by atoms with E-state index in [1.165, 1.54) is 0 Å². The Balaban J connectivity index is 1.50. The van der Waals surface area contributed by atoms with Crippen molar-refractivity contribution in [2.45, 2.75) is 58.7 Å². The van der Waals surface area contributed by atoms with Crippen LogP contribution in [-0.4, -0.2) is 42.1 Å². The first-order chi connectivity index (χ1) is 16.6. The molecule has 1 fully saturated rings. The maximum Gasteiger partial charge on any atom is 0.297 e. The number of benzene rings is 1. The van der Waals surface area contributed by atoms with Gasteiger partial charge in [-0.3, -0.25) is 9.48 Å². The summed E-state index contributed by atoms with van der Waals surface area (Å²) in [6.45, 7) is 7.44. The molecule has 4 heterocycles. The van der Waals surface area contributed by atoms with E-state index < -0.39 is 0 Å². The van der Waals surface area contributed by atoms with Crippen LogP contribution in [-0.2, 0) is 11.3 Å². The molecule has 34 heavy (non-hydrogen) atoms. The average Bonchev–Trinajstić information content (AvgIpc) is 3.48. The summed E-state index contributed by atoms with van der Waals surface area (Å²) < 4.78 is 11.2.